The summed E-state index contributed by atoms with van der Waals surface area (Å²) in [6.45, 7) is 0. The van der Waals surface area contributed by atoms with Crippen molar-refractivity contribution in [1.29, 1.82) is 0 Å². The van der Waals surface area contributed by atoms with Crippen LogP contribution in [0.5, 0.6) is 0 Å². The fourth-order valence-electron chi connectivity index (χ4n) is 0.854. The summed E-state index contributed by atoms with van der Waals surface area (Å²) >= 11 is -2.24. The molecule has 0 saturated heterocycles. The highest BCUT2D eigenvalue weighted by Gasteiger charge is 1.99. The second-order valence-corrected chi connectivity index (χ2v) is 3.39. The van der Waals surface area contributed by atoms with Gasteiger partial charge in [0.2, 0.25) is 0 Å². The van der Waals surface area contributed by atoms with Crippen LogP contribution in [0.25, 0.3) is 0 Å². The average Bonchev–Trinajstić information content (AvgIpc) is 2.17. The van der Waals surface area contributed by atoms with Gasteiger partial charge in [-0.15, -0.1) is 0 Å². The Labute approximate surface area is 78.9 Å². The summed E-state index contributed by atoms with van der Waals surface area (Å²) in [6.07, 6.45) is 0. The number of hydrogen-bond acceptors (Lipinski definition) is 4. The highest BCUT2D eigenvalue weighted by Crippen LogP contribution is 2.16. The maximum Gasteiger partial charge on any atom is 0.0486 e. The van der Waals surface area contributed by atoms with Gasteiger partial charge in [0.05, 0.1) is 0 Å². The van der Waals surface area contributed by atoms with Gasteiger partial charge in [0.15, 0.2) is 0 Å². The molecule has 13 heavy (non-hydrogen) atoms. The summed E-state index contributed by atoms with van der Waals surface area (Å²) in [5, 5.41) is 0. The molecule has 0 aliphatic rings. The molecule has 6 heteroatoms. The Hall–Kier alpha value is -1.11. The van der Waals surface area contributed by atoms with Gasteiger partial charge in [-0.05, 0) is 24.3 Å². The van der Waals surface area contributed by atoms with E-state index in [1.165, 1.54) is 7.05 Å². The number of nitrogens with two attached hydrogens (primary N) is 1. The molecule has 0 aliphatic heterocycles. The van der Waals surface area contributed by atoms with Crippen LogP contribution in [0.3, 0.4) is 0 Å². The average molecular weight is 200 g/mol. The molecule has 1 unspecified atom stereocenters. The van der Waals surface area contributed by atoms with Gasteiger partial charge in [0.1, 0.15) is 0 Å². The van der Waals surface area contributed by atoms with Crippen molar-refractivity contribution < 1.29 is 8.76 Å². The molecule has 72 valence electrons. The first-order valence-electron chi connectivity index (χ1n) is 3.55. The highest BCUT2D eigenvalue weighted by molar-refractivity contribution is 7.80. The molecule has 3 N–H and O–H groups in total. The lowest BCUT2D eigenvalue weighted by Crippen LogP contribution is -2.19. The van der Waals surface area contributed by atoms with Crippen LogP contribution in [0, 0.1) is 0 Å². The van der Waals surface area contributed by atoms with Gasteiger partial charge in [-0.3, -0.25) is 10.1 Å². The van der Waals surface area contributed by atoms with E-state index >= 15 is 0 Å². The second-order valence-electron chi connectivity index (χ2n) is 2.41. The zero-order valence-corrected chi connectivity index (χ0v) is 7.88. The normalized spacial score (nSPS) is 12.2. The van der Waals surface area contributed by atoms with E-state index in [2.05, 4.69) is 5.43 Å². The number of rotatable bonds is 3. The van der Waals surface area contributed by atoms with Gasteiger partial charge in [-0.25, -0.2) is 0 Å². The molecule has 1 rings (SSSR count). The van der Waals surface area contributed by atoms with Gasteiger partial charge < -0.3 is 14.3 Å². The molecule has 1 aromatic carbocycles. The highest BCUT2D eigenvalue weighted by atomic mass is 32.2. The van der Waals surface area contributed by atoms with Crippen LogP contribution in [0.1, 0.15) is 0 Å². The van der Waals surface area contributed by atoms with E-state index in [1.54, 1.807) is 24.3 Å². The van der Waals surface area contributed by atoms with E-state index in [9.17, 15) is 8.76 Å². The van der Waals surface area contributed by atoms with Gasteiger partial charge in [-0.1, -0.05) is 0 Å². The van der Waals surface area contributed by atoms with Crippen LogP contribution in [0.4, 0.5) is 11.4 Å². The summed E-state index contributed by atoms with van der Waals surface area (Å²) in [5.74, 6) is 5.15. The third kappa shape index (κ3) is 2.41. The van der Waals surface area contributed by atoms with Crippen LogP contribution in [-0.2, 0) is 11.3 Å². The number of anilines is 2. The number of nitrogens with zero attached hydrogens (tertiary/aromatic N) is 1. The molecule has 0 bridgehead atoms. The smallest absolute Gasteiger partial charge is 0.0486 e. The topological polar surface area (TPSA) is 81.4 Å². The Kier molecular flexibility index (Phi) is 3.24. The van der Waals surface area contributed by atoms with Crippen LogP contribution in [0.2, 0.25) is 0 Å². The molecule has 0 spiro atoms. The minimum absolute atomic E-state index is 0.590. The quantitative estimate of drug-likeness (QED) is 0.415. The number of nitrogens with one attached hydrogen (secondary N) is 1. The molecule has 0 heterocycles. The fourth-order valence-corrected chi connectivity index (χ4v) is 1.15. The van der Waals surface area contributed by atoms with Gasteiger partial charge in [-0.2, -0.15) is 0 Å². The molecular weight excluding hydrogens is 190 g/mol. The van der Waals surface area contributed by atoms with Crippen LogP contribution < -0.4 is 15.6 Å². The monoisotopic (exact) mass is 200 g/mol. The maximum absolute atomic E-state index is 10.5. The first-order valence-corrected chi connectivity index (χ1v) is 4.58. The minimum atomic E-state index is -2.24. The minimum Gasteiger partial charge on any atom is -0.755 e. The Bertz CT molecular complexity index is 301. The second kappa shape index (κ2) is 4.22. The van der Waals surface area contributed by atoms with Crippen molar-refractivity contribution in [3.8, 4) is 0 Å². The Balaban J connectivity index is 2.85. The first kappa shape index (κ1) is 9.97. The van der Waals surface area contributed by atoms with Crippen LogP contribution in [0.15, 0.2) is 24.3 Å². The number of nitrogen functional groups attached to an aromatic ring is 1. The van der Waals surface area contributed by atoms with Crippen molar-refractivity contribution in [1.82, 2.24) is 0 Å². The molecule has 0 fully saturated rings. The predicted octanol–water partition coefficient (Wildman–Crippen LogP) is 0.203. The van der Waals surface area contributed by atoms with Crippen LogP contribution >= 0.6 is 0 Å². The van der Waals surface area contributed by atoms with Crippen molar-refractivity contribution in [2.75, 3.05) is 16.8 Å². The number of hydrogen-bond donors (Lipinski definition) is 2. The van der Waals surface area contributed by atoms with E-state index in [0.717, 1.165) is 9.99 Å². The van der Waals surface area contributed by atoms with Gasteiger partial charge in [0.25, 0.3) is 0 Å². The molecule has 0 aromatic heterocycles. The molecule has 0 amide bonds. The molecule has 1 aromatic rings. The lowest BCUT2D eigenvalue weighted by molar-refractivity contribution is 0.535. The Morgan fingerprint density at radius 2 is 2.00 bits per heavy atom. The fraction of sp³-hybridized carbons (Fsp3) is 0.143. The first-order chi connectivity index (χ1) is 6.15. The largest absolute Gasteiger partial charge is 0.755 e. The summed E-state index contributed by atoms with van der Waals surface area (Å²) in [6, 6.07) is 6.70. The van der Waals surface area contributed by atoms with Crippen molar-refractivity contribution in [2.45, 2.75) is 0 Å². The molecule has 1 atom stereocenters. The summed E-state index contributed by atoms with van der Waals surface area (Å²) in [4.78, 5) is 0. The zero-order valence-electron chi connectivity index (χ0n) is 7.06. The Morgan fingerprint density at radius 1 is 1.46 bits per heavy atom. The van der Waals surface area contributed by atoms with Crippen molar-refractivity contribution in [3.05, 3.63) is 24.3 Å². The van der Waals surface area contributed by atoms with Gasteiger partial charge >= 0.3 is 0 Å². The molecule has 0 radical (unpaired) electrons. The van der Waals surface area contributed by atoms with E-state index in [1.807, 2.05) is 0 Å². The molecule has 0 saturated carbocycles. The number of benzene rings is 1. The standard InChI is InChI=1S/C7H11N3O2S/c1-10(13(11)12)7-4-2-6(9-8)3-5-7/h2-5,9H,8H2,1H3,(H,11,12)/p-1. The van der Waals surface area contributed by atoms with E-state index < -0.39 is 11.3 Å². The zero-order chi connectivity index (χ0) is 9.84. The van der Waals surface area contributed by atoms with Crippen LogP contribution in [-0.4, -0.2) is 15.8 Å². The Morgan fingerprint density at radius 3 is 2.38 bits per heavy atom. The molecular formula is C7H10N3O2S-. The van der Waals surface area contributed by atoms with Gasteiger partial charge in [0, 0.05) is 29.7 Å². The third-order valence-corrected chi connectivity index (χ3v) is 2.28. The van der Waals surface area contributed by atoms with Crippen molar-refractivity contribution in [2.24, 2.45) is 5.84 Å². The summed E-state index contributed by atoms with van der Waals surface area (Å²) < 4.78 is 22.2. The maximum atomic E-state index is 10.5. The van der Waals surface area contributed by atoms with E-state index in [-0.39, 0.29) is 0 Å². The summed E-state index contributed by atoms with van der Waals surface area (Å²) in [5.41, 5.74) is 3.77. The van der Waals surface area contributed by atoms with Crippen molar-refractivity contribution >= 4 is 22.6 Å². The third-order valence-electron chi connectivity index (χ3n) is 1.62. The SMILES string of the molecule is CN(c1ccc(NN)cc1)S(=O)[O-]. The lowest BCUT2D eigenvalue weighted by Gasteiger charge is -2.21. The molecule has 5 nitrogen and oxygen atoms in total. The van der Waals surface area contributed by atoms with Crippen molar-refractivity contribution in [3.63, 3.8) is 0 Å². The van der Waals surface area contributed by atoms with E-state index in [0.29, 0.717) is 5.69 Å². The predicted molar refractivity (Wildman–Crippen MR) is 51.6 cm³/mol. The molecule has 0 aliphatic carbocycles. The lowest BCUT2D eigenvalue weighted by atomic mass is 10.3. The van der Waals surface area contributed by atoms with E-state index in [4.69, 9.17) is 5.84 Å². The number of hydrazine groups is 1. The summed E-state index contributed by atoms with van der Waals surface area (Å²) in [7, 11) is 1.47.